The first-order chi connectivity index (χ1) is 13.5. The topological polar surface area (TPSA) is 105 Å². The fourth-order valence-corrected chi connectivity index (χ4v) is 3.63. The summed E-state index contributed by atoms with van der Waals surface area (Å²) < 4.78 is 28.2. The molecule has 2 aliphatic rings. The molecule has 4 rings (SSSR count). The lowest BCUT2D eigenvalue weighted by Gasteiger charge is -2.43. The average Bonchev–Trinajstić information content (AvgIpc) is 3.25. The van der Waals surface area contributed by atoms with Crippen LogP contribution in [0.1, 0.15) is 46.3 Å². The molecule has 0 spiro atoms. The van der Waals surface area contributed by atoms with E-state index in [0.717, 1.165) is 0 Å². The number of carbonyl (C=O) groups excluding carboxylic acids is 2. The van der Waals surface area contributed by atoms with Crippen molar-refractivity contribution in [1.82, 2.24) is 0 Å². The van der Waals surface area contributed by atoms with Gasteiger partial charge in [0.2, 0.25) is 0 Å². The number of epoxide rings is 1. The van der Waals surface area contributed by atoms with Crippen molar-refractivity contribution in [1.29, 1.82) is 0 Å². The highest BCUT2D eigenvalue weighted by atomic mass is 16.7. The zero-order valence-electron chi connectivity index (χ0n) is 16.8. The summed E-state index contributed by atoms with van der Waals surface area (Å²) in [5.41, 5.74) is -2.08. The molecular weight excluding hydrogens is 380 g/mol. The van der Waals surface area contributed by atoms with E-state index in [9.17, 15) is 14.4 Å². The Morgan fingerprint density at radius 1 is 1.07 bits per heavy atom. The summed E-state index contributed by atoms with van der Waals surface area (Å²) in [6.45, 7) is 8.12. The van der Waals surface area contributed by atoms with Crippen LogP contribution in [0, 0.1) is 0 Å². The second-order valence-corrected chi connectivity index (χ2v) is 8.08. The fraction of sp³-hybridized carbons (Fsp3) is 0.476. The highest BCUT2D eigenvalue weighted by Gasteiger charge is 2.59. The lowest BCUT2D eigenvalue weighted by atomic mass is 9.87. The van der Waals surface area contributed by atoms with Gasteiger partial charge in [-0.1, -0.05) is 0 Å². The van der Waals surface area contributed by atoms with E-state index in [1.54, 1.807) is 45.9 Å². The Morgan fingerprint density at radius 3 is 2.34 bits per heavy atom. The van der Waals surface area contributed by atoms with Crippen molar-refractivity contribution in [2.45, 2.75) is 64.1 Å². The number of hydrogen-bond acceptors (Lipinski definition) is 8. The second-order valence-electron chi connectivity index (χ2n) is 8.08. The van der Waals surface area contributed by atoms with Crippen molar-refractivity contribution in [3.8, 4) is 5.75 Å². The van der Waals surface area contributed by atoms with Crippen molar-refractivity contribution in [2.75, 3.05) is 0 Å². The zero-order chi connectivity index (χ0) is 21.1. The van der Waals surface area contributed by atoms with E-state index < -0.39 is 41.0 Å². The molecule has 154 valence electrons. The molecule has 0 amide bonds. The molecule has 0 unspecified atom stereocenters. The largest absolute Gasteiger partial charge is 0.483 e. The Morgan fingerprint density at radius 2 is 1.72 bits per heavy atom. The molecule has 1 aromatic carbocycles. The van der Waals surface area contributed by atoms with E-state index in [-0.39, 0.29) is 11.7 Å². The summed E-state index contributed by atoms with van der Waals surface area (Å²) in [5, 5.41) is 0.622. The second kappa shape index (κ2) is 6.32. The summed E-state index contributed by atoms with van der Waals surface area (Å²) in [6, 6.07) is 6.36. The molecule has 1 aromatic heterocycles. The Kier molecular flexibility index (Phi) is 4.24. The molecule has 8 nitrogen and oxygen atoms in total. The molecule has 0 saturated carbocycles. The first-order valence-electron chi connectivity index (χ1n) is 9.35. The van der Waals surface area contributed by atoms with Crippen LogP contribution in [0.25, 0.3) is 11.0 Å². The van der Waals surface area contributed by atoms with E-state index in [2.05, 4.69) is 0 Å². The quantitative estimate of drug-likeness (QED) is 0.438. The highest BCUT2D eigenvalue weighted by Crippen LogP contribution is 2.48. The zero-order valence-corrected chi connectivity index (χ0v) is 16.8. The van der Waals surface area contributed by atoms with Gasteiger partial charge in [0.05, 0.1) is 11.7 Å². The van der Waals surface area contributed by atoms with Gasteiger partial charge < -0.3 is 23.4 Å². The average molecular weight is 402 g/mol. The van der Waals surface area contributed by atoms with Crippen LogP contribution in [0.2, 0.25) is 0 Å². The van der Waals surface area contributed by atoms with Crippen LogP contribution in [-0.2, 0) is 23.8 Å². The number of fused-ring (bicyclic) bond motifs is 3. The van der Waals surface area contributed by atoms with Gasteiger partial charge in [0.15, 0.2) is 17.8 Å². The molecule has 29 heavy (non-hydrogen) atoms. The van der Waals surface area contributed by atoms with E-state index in [1.165, 1.54) is 13.0 Å². The Labute approximate surface area is 166 Å². The summed E-state index contributed by atoms with van der Waals surface area (Å²) in [5.74, 6) is -0.765. The minimum atomic E-state index is -1.07. The van der Waals surface area contributed by atoms with Gasteiger partial charge in [0.25, 0.3) is 0 Å². The molecule has 2 aromatic rings. The summed E-state index contributed by atoms with van der Waals surface area (Å²) in [4.78, 5) is 36.5. The van der Waals surface area contributed by atoms with Crippen LogP contribution in [0.3, 0.4) is 0 Å². The summed E-state index contributed by atoms with van der Waals surface area (Å²) in [6.07, 6.45) is -2.31. The first kappa shape index (κ1) is 19.4. The predicted molar refractivity (Wildman–Crippen MR) is 101 cm³/mol. The van der Waals surface area contributed by atoms with Gasteiger partial charge in [-0.25, -0.2) is 9.59 Å². The van der Waals surface area contributed by atoms with Crippen LogP contribution in [0.5, 0.6) is 5.75 Å². The molecule has 2 aliphatic heterocycles. The number of carbonyl (C=O) groups is 2. The van der Waals surface area contributed by atoms with Crippen molar-refractivity contribution in [3.63, 3.8) is 0 Å². The maximum atomic E-state index is 12.8. The van der Waals surface area contributed by atoms with Crippen molar-refractivity contribution in [2.24, 2.45) is 0 Å². The number of ether oxygens (including phenoxy) is 4. The van der Waals surface area contributed by atoms with Crippen molar-refractivity contribution in [3.05, 3.63) is 40.2 Å². The van der Waals surface area contributed by atoms with Crippen LogP contribution in [0.4, 0.5) is 0 Å². The number of benzene rings is 1. The Balaban J connectivity index is 1.89. The maximum Gasteiger partial charge on any atom is 0.341 e. The molecule has 8 heteroatoms. The van der Waals surface area contributed by atoms with Crippen LogP contribution in [-0.4, -0.2) is 35.3 Å². The summed E-state index contributed by atoms with van der Waals surface area (Å²) >= 11 is 0. The third-order valence-electron chi connectivity index (χ3n) is 5.48. The number of rotatable bonds is 3. The molecule has 0 bridgehead atoms. The molecule has 3 heterocycles. The minimum Gasteiger partial charge on any atom is -0.483 e. The van der Waals surface area contributed by atoms with Gasteiger partial charge in [0, 0.05) is 18.4 Å². The van der Waals surface area contributed by atoms with Gasteiger partial charge in [-0.3, -0.25) is 4.79 Å². The minimum absolute atomic E-state index is 0.218. The number of esters is 2. The molecule has 0 aliphatic carbocycles. The first-order valence-corrected chi connectivity index (χ1v) is 9.35. The van der Waals surface area contributed by atoms with Crippen molar-refractivity contribution >= 4 is 22.9 Å². The van der Waals surface area contributed by atoms with Crippen LogP contribution >= 0.6 is 0 Å². The smallest absolute Gasteiger partial charge is 0.341 e. The van der Waals surface area contributed by atoms with E-state index in [1.807, 2.05) is 0 Å². The normalized spacial score (nSPS) is 29.5. The number of hydrogen-bond donors (Lipinski definition) is 0. The van der Waals surface area contributed by atoms with E-state index in [0.29, 0.717) is 16.7 Å². The van der Waals surface area contributed by atoms with Gasteiger partial charge >= 0.3 is 17.6 Å². The Bertz CT molecular complexity index is 1070. The summed E-state index contributed by atoms with van der Waals surface area (Å²) in [7, 11) is 0. The molecule has 1 fully saturated rings. The maximum absolute atomic E-state index is 12.8. The SMILES string of the molecule is CC(=O)O[C@@H]1[C@H](OC(=O)[C@]2(C)O[C@H]2C)c2c(ccc3ccc(=O)oc23)OC1(C)C. The van der Waals surface area contributed by atoms with Gasteiger partial charge in [-0.15, -0.1) is 0 Å². The van der Waals surface area contributed by atoms with E-state index in [4.69, 9.17) is 23.4 Å². The predicted octanol–water partition coefficient (Wildman–Crippen LogP) is 2.66. The third kappa shape index (κ3) is 3.17. The lowest BCUT2D eigenvalue weighted by Crippen LogP contribution is -2.52. The third-order valence-corrected chi connectivity index (χ3v) is 5.48. The van der Waals surface area contributed by atoms with Crippen LogP contribution < -0.4 is 10.4 Å². The Hall–Kier alpha value is -2.87. The standard InChI is InChI=1S/C21H22O8/c1-10-21(5,28-10)19(24)27-17-15-13(29-20(3,4)18(17)25-11(2)22)8-6-12-7-9-14(23)26-16(12)15/h6-10,17-18H,1-5H3/t10-,17+,18+,21+/m0/s1. The monoisotopic (exact) mass is 402 g/mol. The van der Waals surface area contributed by atoms with E-state index >= 15 is 0 Å². The van der Waals surface area contributed by atoms with Gasteiger partial charge in [0.1, 0.15) is 16.9 Å². The molecule has 4 atom stereocenters. The lowest BCUT2D eigenvalue weighted by molar-refractivity contribution is -0.191. The highest BCUT2D eigenvalue weighted by molar-refractivity contribution is 5.86. The fourth-order valence-electron chi connectivity index (χ4n) is 3.63. The molecule has 1 saturated heterocycles. The molecule has 0 N–H and O–H groups in total. The van der Waals surface area contributed by atoms with Crippen molar-refractivity contribution < 1.29 is 33.0 Å². The van der Waals surface area contributed by atoms with Gasteiger partial charge in [-0.2, -0.15) is 0 Å². The van der Waals surface area contributed by atoms with Gasteiger partial charge in [-0.05, 0) is 45.9 Å². The molecular formula is C21H22O8. The van der Waals surface area contributed by atoms with Crippen LogP contribution in [0.15, 0.2) is 33.5 Å². The molecule has 0 radical (unpaired) electrons.